The third-order valence-electron chi connectivity index (χ3n) is 16.8. The van der Waals surface area contributed by atoms with Crippen molar-refractivity contribution in [3.63, 3.8) is 0 Å². The third kappa shape index (κ3) is 5.94. The van der Waals surface area contributed by atoms with Crippen molar-refractivity contribution in [3.05, 3.63) is 283 Å². The first-order valence-electron chi connectivity index (χ1n) is 26.7. The number of fused-ring (bicyclic) bond motifs is 18. The van der Waals surface area contributed by atoms with Crippen LogP contribution in [0.25, 0.3) is 116 Å². The molecule has 0 bridgehead atoms. The van der Waals surface area contributed by atoms with Crippen molar-refractivity contribution in [2.24, 2.45) is 0 Å². The summed E-state index contributed by atoms with van der Waals surface area (Å²) in [4.78, 5) is 10.1. The molecule has 6 heterocycles. The second kappa shape index (κ2) is 16.3. The minimum Gasteiger partial charge on any atom is -0.455 e. The number of pyridine rings is 2. The first-order chi connectivity index (χ1) is 39.2. The number of hydrogen-bond donors (Lipinski definition) is 0. The van der Waals surface area contributed by atoms with E-state index in [1.165, 1.54) is 27.2 Å². The summed E-state index contributed by atoms with van der Waals surface area (Å²) >= 11 is 0. The summed E-state index contributed by atoms with van der Waals surface area (Å²) in [6.07, 6.45) is 3.74. The molecule has 0 unspecified atom stereocenters. The summed E-state index contributed by atoms with van der Waals surface area (Å²) < 4.78 is 14.7. The lowest BCUT2D eigenvalue weighted by Crippen LogP contribution is -2.32. The van der Waals surface area contributed by atoms with Crippen molar-refractivity contribution in [3.8, 4) is 68.3 Å². The maximum Gasteiger partial charge on any atom is 0.140 e. The molecule has 0 amide bonds. The van der Waals surface area contributed by atoms with Crippen LogP contribution in [0.1, 0.15) is 27.8 Å². The Morgan fingerprint density at radius 2 is 0.747 bits per heavy atom. The van der Waals surface area contributed by atoms with Crippen molar-refractivity contribution in [1.29, 1.82) is 5.26 Å². The van der Waals surface area contributed by atoms with E-state index in [0.717, 1.165) is 123 Å². The Morgan fingerprint density at radius 3 is 1.25 bits per heavy atom. The average molecular weight is 1010 g/mol. The van der Waals surface area contributed by atoms with E-state index in [1.54, 1.807) is 0 Å². The van der Waals surface area contributed by atoms with Crippen LogP contribution >= 0.6 is 0 Å². The van der Waals surface area contributed by atoms with Gasteiger partial charge in [-0.15, -0.1) is 0 Å². The van der Waals surface area contributed by atoms with Gasteiger partial charge in [-0.05, 0) is 131 Å². The van der Waals surface area contributed by atoms with Gasteiger partial charge in [0.1, 0.15) is 11.5 Å². The summed E-state index contributed by atoms with van der Waals surface area (Å²) in [7, 11) is 0. The lowest BCUT2D eigenvalue weighted by molar-refractivity contribution is 0.439. The number of rotatable bonds is 5. The molecule has 2 aliphatic rings. The molecular formula is C72H42N6O. The number of para-hydroxylation sites is 6. The van der Waals surface area contributed by atoms with Gasteiger partial charge in [0.2, 0.25) is 0 Å². The zero-order valence-electron chi connectivity index (χ0n) is 42.3. The number of nitriles is 1. The fourth-order valence-electron chi connectivity index (χ4n) is 13.6. The number of aromatic nitrogens is 5. The Morgan fingerprint density at radius 1 is 0.342 bits per heavy atom. The highest BCUT2D eigenvalue weighted by atomic mass is 16.5. The van der Waals surface area contributed by atoms with Crippen molar-refractivity contribution in [2.75, 3.05) is 0 Å². The molecule has 0 fully saturated rings. The van der Waals surface area contributed by atoms with Crippen LogP contribution in [-0.4, -0.2) is 23.7 Å². The highest BCUT2D eigenvalue weighted by Crippen LogP contribution is 2.64. The minimum atomic E-state index is -0.817. The largest absolute Gasteiger partial charge is 0.455 e. The van der Waals surface area contributed by atoms with E-state index >= 15 is 0 Å². The first-order valence-corrected chi connectivity index (χ1v) is 26.7. The molecule has 79 heavy (non-hydrogen) atoms. The zero-order chi connectivity index (χ0) is 51.9. The van der Waals surface area contributed by atoms with Gasteiger partial charge in [-0.3, -0.25) is 9.97 Å². The number of hydrogen-bond acceptors (Lipinski definition) is 4. The minimum absolute atomic E-state index is 0.605. The van der Waals surface area contributed by atoms with Crippen molar-refractivity contribution >= 4 is 65.4 Å². The third-order valence-corrected chi connectivity index (χ3v) is 16.8. The molecule has 1 aliphatic heterocycles. The van der Waals surface area contributed by atoms with E-state index in [4.69, 9.17) is 14.7 Å². The monoisotopic (exact) mass is 1010 g/mol. The van der Waals surface area contributed by atoms with E-state index < -0.39 is 5.41 Å². The van der Waals surface area contributed by atoms with Gasteiger partial charge in [-0.2, -0.15) is 5.26 Å². The molecule has 1 aliphatic carbocycles. The van der Waals surface area contributed by atoms with Crippen molar-refractivity contribution in [2.45, 2.75) is 5.41 Å². The highest BCUT2D eigenvalue weighted by Gasteiger charge is 2.53. The van der Waals surface area contributed by atoms with Crippen LogP contribution in [0.2, 0.25) is 0 Å². The standard InChI is InChI=1S/C72H42N6O/c73-43-44-28-35-65-55(40-44)57-42-46(30-37-67(57)78(65)49-33-31-48(32-34-49)77-62-25-7-4-16-52(62)53-17-5-8-26-63(53)77)51-20-11-22-61-71(51)79-70-50(19-10-21-60(70)72(61)58-23-12-38-74-68(58)69-59(72)24-13-39-75-69)45-29-36-66-56(41-45)54-18-6-9-27-64(54)76(66)47-14-2-1-3-15-47/h1-42H. The van der Waals surface area contributed by atoms with Crippen molar-refractivity contribution in [1.82, 2.24) is 23.7 Å². The van der Waals surface area contributed by atoms with Crippen molar-refractivity contribution < 1.29 is 4.74 Å². The smallest absolute Gasteiger partial charge is 0.140 e. The molecule has 7 heteroatoms. The number of ether oxygens (including phenoxy) is 1. The average Bonchev–Trinajstić information content (AvgIpc) is 4.28. The summed E-state index contributed by atoms with van der Waals surface area (Å²) in [5, 5.41) is 17.2. The van der Waals surface area contributed by atoms with Gasteiger partial charge in [0.15, 0.2) is 0 Å². The van der Waals surface area contributed by atoms with Gasteiger partial charge in [0, 0.05) is 84.0 Å². The molecule has 366 valence electrons. The second-order valence-corrected chi connectivity index (χ2v) is 20.7. The molecule has 1 spiro atoms. The van der Waals surface area contributed by atoms with E-state index in [1.807, 2.05) is 36.7 Å². The number of nitrogens with zero attached hydrogens (tertiary/aromatic N) is 6. The molecule has 0 saturated carbocycles. The van der Waals surface area contributed by atoms with Gasteiger partial charge in [0.05, 0.1) is 61.5 Å². The van der Waals surface area contributed by atoms with E-state index in [0.29, 0.717) is 5.56 Å². The summed E-state index contributed by atoms with van der Waals surface area (Å²) in [5.41, 5.74) is 19.6. The summed E-state index contributed by atoms with van der Waals surface area (Å²) in [5.74, 6) is 1.57. The molecular weight excluding hydrogens is 965 g/mol. The van der Waals surface area contributed by atoms with Crippen LogP contribution in [0.15, 0.2) is 255 Å². The number of benzene rings is 10. The molecule has 0 radical (unpaired) electrons. The molecule has 7 nitrogen and oxygen atoms in total. The molecule has 0 N–H and O–H groups in total. The summed E-state index contributed by atoms with van der Waals surface area (Å²) in [6, 6.07) is 89.0. The Balaban J connectivity index is 0.868. The zero-order valence-corrected chi connectivity index (χ0v) is 42.3. The van der Waals surface area contributed by atoms with E-state index in [-0.39, 0.29) is 0 Å². The topological polar surface area (TPSA) is 73.6 Å². The molecule has 15 aromatic rings. The van der Waals surface area contributed by atoms with Crippen LogP contribution in [0.5, 0.6) is 11.5 Å². The van der Waals surface area contributed by atoms with E-state index in [9.17, 15) is 5.26 Å². The van der Waals surface area contributed by atoms with Gasteiger partial charge in [-0.1, -0.05) is 133 Å². The predicted octanol–water partition coefficient (Wildman–Crippen LogP) is 17.4. The van der Waals surface area contributed by atoms with Crippen LogP contribution in [-0.2, 0) is 5.41 Å². The Bertz CT molecular complexity index is 5030. The Labute approximate surface area is 453 Å². The molecule has 0 atom stereocenters. The predicted molar refractivity (Wildman–Crippen MR) is 318 cm³/mol. The normalized spacial score (nSPS) is 13.0. The SMILES string of the molecule is N#Cc1ccc2c(c1)c1cc(-c3cccc4c3Oc3c(-c5ccc6c(c5)c5ccccc5n6-c5ccccc5)cccc3C43c4cccnc4-c4ncccc43)ccc1n2-c1ccc(-n2c3ccccc3c3ccccc32)cc1. The van der Waals surface area contributed by atoms with Crippen LogP contribution < -0.4 is 4.74 Å². The van der Waals surface area contributed by atoms with E-state index in [2.05, 4.69) is 238 Å². The lowest BCUT2D eigenvalue weighted by atomic mass is 9.65. The maximum absolute atomic E-state index is 10.3. The fourth-order valence-corrected chi connectivity index (χ4v) is 13.6. The Kier molecular flexibility index (Phi) is 8.99. The molecule has 17 rings (SSSR count). The van der Waals surface area contributed by atoms with Crippen LogP contribution in [0.4, 0.5) is 0 Å². The second-order valence-electron chi connectivity index (χ2n) is 20.7. The first kappa shape index (κ1) is 43.4. The van der Waals surface area contributed by atoms with Crippen LogP contribution in [0, 0.1) is 11.3 Å². The fraction of sp³-hybridized carbons (Fsp3) is 0.0139. The van der Waals surface area contributed by atoms with Gasteiger partial charge in [0.25, 0.3) is 0 Å². The summed E-state index contributed by atoms with van der Waals surface area (Å²) in [6.45, 7) is 0. The van der Waals surface area contributed by atoms with Gasteiger partial charge in [-0.25, -0.2) is 0 Å². The molecule has 10 aromatic carbocycles. The maximum atomic E-state index is 10.3. The van der Waals surface area contributed by atoms with Crippen LogP contribution in [0.3, 0.4) is 0 Å². The lowest BCUT2D eigenvalue weighted by Gasteiger charge is -2.40. The Hall–Kier alpha value is -10.8. The van der Waals surface area contributed by atoms with Gasteiger partial charge < -0.3 is 18.4 Å². The molecule has 0 saturated heterocycles. The quantitative estimate of drug-likeness (QED) is 0.172. The molecule has 5 aromatic heterocycles. The van der Waals surface area contributed by atoms with Gasteiger partial charge >= 0.3 is 0 Å². The highest BCUT2D eigenvalue weighted by molar-refractivity contribution is 6.13.